The van der Waals surface area contributed by atoms with Gasteiger partial charge in [-0.2, -0.15) is 0 Å². The molecular weight excluding hydrogens is 364 g/mol. The summed E-state index contributed by atoms with van der Waals surface area (Å²) in [6.45, 7) is 8.29. The van der Waals surface area contributed by atoms with Gasteiger partial charge >= 0.3 is 0 Å². The first kappa shape index (κ1) is 19.9. The van der Waals surface area contributed by atoms with Gasteiger partial charge in [-0.1, -0.05) is 0 Å². The Kier molecular flexibility index (Phi) is 5.07. The average Bonchev–Trinajstić information content (AvgIpc) is 3.24. The van der Waals surface area contributed by atoms with E-state index in [2.05, 4.69) is 31.7 Å². The number of rotatable bonds is 5. The zero-order valence-corrected chi connectivity index (χ0v) is 17.3. The summed E-state index contributed by atoms with van der Waals surface area (Å²) >= 11 is 0. The van der Waals surface area contributed by atoms with Gasteiger partial charge in [0.25, 0.3) is 5.92 Å². The zero-order chi connectivity index (χ0) is 20.1. The van der Waals surface area contributed by atoms with Gasteiger partial charge in [0.2, 0.25) is 0 Å². The Morgan fingerprint density at radius 2 is 1.93 bits per heavy atom. The van der Waals surface area contributed by atoms with Gasteiger partial charge in [0, 0.05) is 25.6 Å². The number of piperidine rings is 1. The number of hydrogen-bond donors (Lipinski definition) is 0. The van der Waals surface area contributed by atoms with Crippen LogP contribution in [0, 0.1) is 5.92 Å². The maximum absolute atomic E-state index is 13.1. The minimum absolute atomic E-state index is 0.0452. The predicted molar refractivity (Wildman–Crippen MR) is 103 cm³/mol. The topological polar surface area (TPSA) is 30.9 Å². The molecule has 2 aliphatic heterocycles. The molecule has 156 valence electrons. The minimum atomic E-state index is -2.56. The van der Waals surface area contributed by atoms with E-state index >= 15 is 0 Å². The van der Waals surface area contributed by atoms with Gasteiger partial charge < -0.3 is 14.2 Å². The third-order valence-electron chi connectivity index (χ3n) is 6.01. The second-order valence-corrected chi connectivity index (χ2v) is 9.37. The molecule has 0 spiro atoms. The van der Waals surface area contributed by atoms with Gasteiger partial charge in [-0.25, -0.2) is 8.78 Å². The molecule has 1 aromatic carbocycles. The molecule has 3 atom stereocenters. The van der Waals surface area contributed by atoms with Crippen molar-refractivity contribution in [2.45, 2.75) is 70.1 Å². The van der Waals surface area contributed by atoms with E-state index < -0.39 is 11.8 Å². The molecule has 2 heterocycles. The Bertz CT molecular complexity index is 731. The molecular formula is C22H31F2NO3. The molecule has 2 fully saturated rings. The minimum Gasteiger partial charge on any atom is -0.493 e. The summed E-state index contributed by atoms with van der Waals surface area (Å²) in [6.07, 6.45) is 3.20. The number of nitrogens with zero attached hydrogens (tertiary/aromatic N) is 1. The maximum Gasteiger partial charge on any atom is 0.255 e. The van der Waals surface area contributed by atoms with Gasteiger partial charge in [0.1, 0.15) is 0 Å². The Hall–Kier alpha value is -1.40. The predicted octanol–water partition coefficient (Wildman–Crippen LogP) is 4.61. The molecule has 6 heteroatoms. The van der Waals surface area contributed by atoms with E-state index in [1.807, 2.05) is 6.07 Å². The molecule has 1 saturated carbocycles. The molecule has 0 amide bonds. The highest BCUT2D eigenvalue weighted by Gasteiger charge is 2.57. The van der Waals surface area contributed by atoms with Gasteiger partial charge in [-0.05, 0) is 63.3 Å². The standard InChI is InChI=1S/C22H31F2NO3/c1-21(2,3)28-16-5-6-18-17-10-19(26-4)20(27-13-15-11-22(15,23)24)9-14(17)7-8-25(18)12-16/h9-10,15-16,18H,5-8,11-13H2,1-4H3. The van der Waals surface area contributed by atoms with Crippen molar-refractivity contribution in [3.8, 4) is 11.5 Å². The van der Waals surface area contributed by atoms with Crippen LogP contribution in [-0.4, -0.2) is 49.3 Å². The van der Waals surface area contributed by atoms with E-state index in [0.717, 1.165) is 32.4 Å². The van der Waals surface area contributed by atoms with E-state index in [9.17, 15) is 8.78 Å². The van der Waals surface area contributed by atoms with Crippen LogP contribution in [0.4, 0.5) is 8.78 Å². The van der Waals surface area contributed by atoms with Crippen molar-refractivity contribution >= 4 is 0 Å². The van der Waals surface area contributed by atoms with Crippen molar-refractivity contribution < 1.29 is 23.0 Å². The van der Waals surface area contributed by atoms with Gasteiger partial charge in [0.05, 0.1) is 31.3 Å². The summed E-state index contributed by atoms with van der Waals surface area (Å²) in [5.41, 5.74) is 2.40. The summed E-state index contributed by atoms with van der Waals surface area (Å²) in [7, 11) is 1.61. The monoisotopic (exact) mass is 395 g/mol. The molecule has 0 N–H and O–H groups in total. The van der Waals surface area contributed by atoms with Crippen LogP contribution < -0.4 is 9.47 Å². The molecule has 0 aromatic heterocycles. The first-order valence-electron chi connectivity index (χ1n) is 10.3. The first-order chi connectivity index (χ1) is 13.2. The highest BCUT2D eigenvalue weighted by molar-refractivity contribution is 5.49. The number of hydrogen-bond acceptors (Lipinski definition) is 4. The largest absolute Gasteiger partial charge is 0.493 e. The summed E-state index contributed by atoms with van der Waals surface area (Å²) in [5, 5.41) is 0. The van der Waals surface area contributed by atoms with Crippen LogP contribution in [0.25, 0.3) is 0 Å². The van der Waals surface area contributed by atoms with Crippen LogP contribution in [0.2, 0.25) is 0 Å². The SMILES string of the molecule is COc1cc2c(cc1OCC1CC1(F)F)CCN1CC(OC(C)(C)C)CCC21. The molecule has 3 unspecified atom stereocenters. The molecule has 1 aromatic rings. The Labute approximate surface area is 166 Å². The lowest BCUT2D eigenvalue weighted by molar-refractivity contribution is -0.0971. The molecule has 0 bridgehead atoms. The van der Waals surface area contributed by atoms with E-state index in [0.29, 0.717) is 17.5 Å². The molecule has 3 aliphatic rings. The quantitative estimate of drug-likeness (QED) is 0.729. The van der Waals surface area contributed by atoms with Crippen LogP contribution in [0.15, 0.2) is 12.1 Å². The second-order valence-electron chi connectivity index (χ2n) is 9.37. The van der Waals surface area contributed by atoms with Gasteiger partial charge in [-0.3, -0.25) is 4.90 Å². The highest BCUT2D eigenvalue weighted by Crippen LogP contribution is 2.49. The van der Waals surface area contributed by atoms with Gasteiger partial charge in [0.15, 0.2) is 11.5 Å². The Balaban J connectivity index is 1.48. The van der Waals surface area contributed by atoms with E-state index in [1.165, 1.54) is 11.1 Å². The van der Waals surface area contributed by atoms with Crippen molar-refractivity contribution in [3.63, 3.8) is 0 Å². The lowest BCUT2D eigenvalue weighted by Crippen LogP contribution is -2.47. The van der Waals surface area contributed by atoms with Crippen LogP contribution in [0.3, 0.4) is 0 Å². The van der Waals surface area contributed by atoms with Crippen LogP contribution in [0.5, 0.6) is 11.5 Å². The summed E-state index contributed by atoms with van der Waals surface area (Å²) in [4.78, 5) is 2.51. The number of methoxy groups -OCH3 is 1. The zero-order valence-electron chi connectivity index (χ0n) is 17.3. The number of ether oxygens (including phenoxy) is 3. The molecule has 1 saturated heterocycles. The fraction of sp³-hybridized carbons (Fsp3) is 0.727. The summed E-state index contributed by atoms with van der Waals surface area (Å²) in [6, 6.07) is 4.42. The lowest BCUT2D eigenvalue weighted by Gasteiger charge is -2.44. The normalized spacial score (nSPS) is 29.0. The highest BCUT2D eigenvalue weighted by atomic mass is 19.3. The number of benzene rings is 1. The van der Waals surface area contributed by atoms with Crippen LogP contribution in [0.1, 0.15) is 57.2 Å². The van der Waals surface area contributed by atoms with Crippen LogP contribution >= 0.6 is 0 Å². The molecule has 4 nitrogen and oxygen atoms in total. The molecule has 28 heavy (non-hydrogen) atoms. The van der Waals surface area contributed by atoms with Crippen molar-refractivity contribution in [3.05, 3.63) is 23.3 Å². The molecule has 4 rings (SSSR count). The Morgan fingerprint density at radius 1 is 1.18 bits per heavy atom. The fourth-order valence-electron chi connectivity index (χ4n) is 4.52. The van der Waals surface area contributed by atoms with Crippen molar-refractivity contribution in [2.75, 3.05) is 26.8 Å². The summed E-state index contributed by atoms with van der Waals surface area (Å²) in [5.74, 6) is -2.00. The summed E-state index contributed by atoms with van der Waals surface area (Å²) < 4.78 is 43.8. The van der Waals surface area contributed by atoms with E-state index in [4.69, 9.17) is 14.2 Å². The van der Waals surface area contributed by atoms with Gasteiger partial charge in [-0.15, -0.1) is 0 Å². The smallest absolute Gasteiger partial charge is 0.255 e. The third kappa shape index (κ3) is 4.13. The Morgan fingerprint density at radius 3 is 2.57 bits per heavy atom. The van der Waals surface area contributed by atoms with Crippen LogP contribution in [-0.2, 0) is 11.2 Å². The molecule has 0 radical (unpaired) electrons. The van der Waals surface area contributed by atoms with Crippen molar-refractivity contribution in [1.29, 1.82) is 0 Å². The maximum atomic E-state index is 13.1. The van der Waals surface area contributed by atoms with Crippen molar-refractivity contribution in [2.24, 2.45) is 5.92 Å². The second kappa shape index (κ2) is 7.13. The van der Waals surface area contributed by atoms with Crippen molar-refractivity contribution in [1.82, 2.24) is 4.90 Å². The fourth-order valence-corrected chi connectivity index (χ4v) is 4.52. The number of fused-ring (bicyclic) bond motifs is 3. The molecule has 1 aliphatic carbocycles. The first-order valence-corrected chi connectivity index (χ1v) is 10.3. The van der Waals surface area contributed by atoms with E-state index in [-0.39, 0.29) is 24.7 Å². The number of halogens is 2. The number of alkyl halides is 2. The average molecular weight is 395 g/mol. The lowest BCUT2D eigenvalue weighted by atomic mass is 9.85. The van der Waals surface area contributed by atoms with E-state index in [1.54, 1.807) is 7.11 Å². The third-order valence-corrected chi connectivity index (χ3v) is 6.01.